The van der Waals surface area contributed by atoms with E-state index < -0.39 is 23.3 Å². The van der Waals surface area contributed by atoms with Crippen molar-refractivity contribution in [2.75, 3.05) is 6.54 Å². The fourth-order valence-corrected chi connectivity index (χ4v) is 3.70. The number of nitrogens with zero attached hydrogens (tertiary/aromatic N) is 1. The normalized spacial score (nSPS) is 19.8. The number of amides is 4. The van der Waals surface area contributed by atoms with Gasteiger partial charge in [-0.15, -0.1) is 0 Å². The van der Waals surface area contributed by atoms with Gasteiger partial charge >= 0.3 is 6.03 Å². The first kappa shape index (κ1) is 18.4. The van der Waals surface area contributed by atoms with Crippen molar-refractivity contribution < 1.29 is 18.8 Å². The predicted octanol–water partition coefficient (Wildman–Crippen LogP) is 2.48. The standard InChI is InChI=1S/C19H24FN3O3/c20-15-9-5-4-8-14(15)12-21-16(24)13-23-17(25)19(22-18(23)26)10-6-2-1-3-7-11-19/h4-5,8-9H,1-3,6-7,10-13H2,(H,21,24)(H,22,26). The Morgan fingerprint density at radius 1 is 1.12 bits per heavy atom. The number of imide groups is 1. The van der Waals surface area contributed by atoms with Crippen molar-refractivity contribution in [1.82, 2.24) is 15.5 Å². The van der Waals surface area contributed by atoms with Crippen molar-refractivity contribution in [3.8, 4) is 0 Å². The van der Waals surface area contributed by atoms with Crippen molar-refractivity contribution in [1.29, 1.82) is 0 Å². The molecule has 7 heteroatoms. The Morgan fingerprint density at radius 2 is 1.77 bits per heavy atom. The molecular formula is C19H24FN3O3. The fraction of sp³-hybridized carbons (Fsp3) is 0.526. The highest BCUT2D eigenvalue weighted by molar-refractivity contribution is 6.09. The van der Waals surface area contributed by atoms with Gasteiger partial charge in [0, 0.05) is 12.1 Å². The highest BCUT2D eigenvalue weighted by atomic mass is 19.1. The predicted molar refractivity (Wildman–Crippen MR) is 93.5 cm³/mol. The lowest BCUT2D eigenvalue weighted by molar-refractivity contribution is -0.135. The molecule has 0 aromatic heterocycles. The SMILES string of the molecule is O=C(CN1C(=O)NC2(CCCCCCC2)C1=O)NCc1ccccc1F. The molecule has 4 amide bonds. The van der Waals surface area contributed by atoms with Crippen LogP contribution in [0, 0.1) is 5.82 Å². The van der Waals surface area contributed by atoms with E-state index in [0.29, 0.717) is 18.4 Å². The lowest BCUT2D eigenvalue weighted by atomic mass is 9.84. The van der Waals surface area contributed by atoms with Crippen molar-refractivity contribution in [3.63, 3.8) is 0 Å². The van der Waals surface area contributed by atoms with Gasteiger partial charge in [-0.3, -0.25) is 14.5 Å². The molecule has 1 saturated carbocycles. The number of halogens is 1. The number of benzene rings is 1. The Hall–Kier alpha value is -2.44. The van der Waals surface area contributed by atoms with E-state index in [1.165, 1.54) is 6.07 Å². The summed E-state index contributed by atoms with van der Waals surface area (Å²) >= 11 is 0. The van der Waals surface area contributed by atoms with E-state index in [-0.39, 0.29) is 19.0 Å². The van der Waals surface area contributed by atoms with Gasteiger partial charge in [0.1, 0.15) is 17.9 Å². The molecule has 1 saturated heterocycles. The van der Waals surface area contributed by atoms with Gasteiger partial charge in [-0.2, -0.15) is 0 Å². The molecule has 0 unspecified atom stereocenters. The van der Waals surface area contributed by atoms with E-state index in [1.54, 1.807) is 18.2 Å². The van der Waals surface area contributed by atoms with E-state index in [1.807, 2.05) is 0 Å². The van der Waals surface area contributed by atoms with Gasteiger partial charge < -0.3 is 10.6 Å². The lowest BCUT2D eigenvalue weighted by Crippen LogP contribution is -2.48. The number of carbonyl (C=O) groups is 3. The van der Waals surface area contributed by atoms with Gasteiger partial charge in [-0.1, -0.05) is 50.3 Å². The third-order valence-corrected chi connectivity index (χ3v) is 5.19. The van der Waals surface area contributed by atoms with Gasteiger partial charge in [0.05, 0.1) is 0 Å². The van der Waals surface area contributed by atoms with Gasteiger partial charge in [0.2, 0.25) is 5.91 Å². The molecule has 2 fully saturated rings. The largest absolute Gasteiger partial charge is 0.350 e. The number of hydrogen-bond donors (Lipinski definition) is 2. The first-order valence-electron chi connectivity index (χ1n) is 9.16. The van der Waals surface area contributed by atoms with Crippen LogP contribution in [-0.2, 0) is 16.1 Å². The Labute approximate surface area is 152 Å². The zero-order chi connectivity index (χ0) is 18.6. The number of carbonyl (C=O) groups excluding carboxylic acids is 3. The fourth-order valence-electron chi connectivity index (χ4n) is 3.70. The maximum absolute atomic E-state index is 13.6. The van der Waals surface area contributed by atoms with Crippen LogP contribution in [0.15, 0.2) is 24.3 Å². The maximum Gasteiger partial charge on any atom is 0.325 e. The molecule has 26 heavy (non-hydrogen) atoms. The zero-order valence-corrected chi connectivity index (χ0v) is 14.7. The Kier molecular flexibility index (Phi) is 5.54. The molecular weight excluding hydrogens is 337 g/mol. The van der Waals surface area contributed by atoms with Crippen LogP contribution >= 0.6 is 0 Å². The molecule has 1 aromatic rings. The second kappa shape index (κ2) is 7.85. The number of rotatable bonds is 4. The van der Waals surface area contributed by atoms with E-state index in [2.05, 4.69) is 10.6 Å². The molecule has 1 aromatic carbocycles. The summed E-state index contributed by atoms with van der Waals surface area (Å²) in [5.74, 6) is -1.21. The molecule has 3 rings (SSSR count). The molecule has 0 bridgehead atoms. The summed E-state index contributed by atoms with van der Waals surface area (Å²) in [6, 6.07) is 5.63. The first-order chi connectivity index (χ1) is 12.5. The number of urea groups is 1. The van der Waals surface area contributed by atoms with E-state index in [0.717, 1.165) is 37.0 Å². The van der Waals surface area contributed by atoms with Crippen molar-refractivity contribution >= 4 is 17.8 Å². The average molecular weight is 361 g/mol. The van der Waals surface area contributed by atoms with E-state index >= 15 is 0 Å². The highest BCUT2D eigenvalue weighted by Gasteiger charge is 2.50. The monoisotopic (exact) mass is 361 g/mol. The van der Waals surface area contributed by atoms with Crippen LogP contribution in [0.1, 0.15) is 50.5 Å². The first-order valence-corrected chi connectivity index (χ1v) is 9.16. The molecule has 6 nitrogen and oxygen atoms in total. The Balaban J connectivity index is 1.60. The summed E-state index contributed by atoms with van der Waals surface area (Å²) in [4.78, 5) is 38.2. The van der Waals surface area contributed by atoms with Crippen LogP contribution < -0.4 is 10.6 Å². The zero-order valence-electron chi connectivity index (χ0n) is 14.7. The molecule has 2 aliphatic rings. The van der Waals surface area contributed by atoms with Gasteiger partial charge in [-0.25, -0.2) is 9.18 Å². The lowest BCUT2D eigenvalue weighted by Gasteiger charge is -2.28. The Bertz CT molecular complexity index is 699. The van der Waals surface area contributed by atoms with E-state index in [4.69, 9.17) is 0 Å². The third kappa shape index (κ3) is 3.86. The third-order valence-electron chi connectivity index (χ3n) is 5.19. The molecule has 0 radical (unpaired) electrons. The van der Waals surface area contributed by atoms with Crippen LogP contribution in [0.25, 0.3) is 0 Å². The summed E-state index contributed by atoms with van der Waals surface area (Å²) in [7, 11) is 0. The van der Waals surface area contributed by atoms with Crippen LogP contribution in [0.4, 0.5) is 9.18 Å². The second-order valence-corrected chi connectivity index (χ2v) is 7.04. The summed E-state index contributed by atoms with van der Waals surface area (Å²) in [5, 5.41) is 5.39. The minimum atomic E-state index is -0.858. The average Bonchev–Trinajstić information content (AvgIpc) is 2.83. The van der Waals surface area contributed by atoms with Crippen LogP contribution in [-0.4, -0.2) is 34.8 Å². The minimum Gasteiger partial charge on any atom is -0.350 e. The van der Waals surface area contributed by atoms with Crippen molar-refractivity contribution in [3.05, 3.63) is 35.6 Å². The quantitative estimate of drug-likeness (QED) is 0.809. The molecule has 1 spiro atoms. The van der Waals surface area contributed by atoms with Gasteiger partial charge in [-0.05, 0) is 18.9 Å². The molecule has 1 aliphatic carbocycles. The molecule has 140 valence electrons. The smallest absolute Gasteiger partial charge is 0.325 e. The van der Waals surface area contributed by atoms with Crippen LogP contribution in [0.3, 0.4) is 0 Å². The van der Waals surface area contributed by atoms with E-state index in [9.17, 15) is 18.8 Å². The summed E-state index contributed by atoms with van der Waals surface area (Å²) in [6.45, 7) is -0.332. The van der Waals surface area contributed by atoms with Crippen LogP contribution in [0.5, 0.6) is 0 Å². The molecule has 0 atom stereocenters. The molecule has 1 aliphatic heterocycles. The molecule has 1 heterocycles. The second-order valence-electron chi connectivity index (χ2n) is 7.04. The van der Waals surface area contributed by atoms with Crippen LogP contribution in [0.2, 0.25) is 0 Å². The topological polar surface area (TPSA) is 78.5 Å². The van der Waals surface area contributed by atoms with Gasteiger partial charge in [0.25, 0.3) is 5.91 Å². The Morgan fingerprint density at radius 3 is 2.46 bits per heavy atom. The summed E-state index contributed by atoms with van der Waals surface area (Å²) in [6.07, 6.45) is 6.26. The number of hydrogen-bond acceptors (Lipinski definition) is 3. The summed E-state index contributed by atoms with van der Waals surface area (Å²) < 4.78 is 13.6. The minimum absolute atomic E-state index is 0.0142. The summed E-state index contributed by atoms with van der Waals surface area (Å²) in [5.41, 5.74) is -0.502. The maximum atomic E-state index is 13.6. The number of nitrogens with one attached hydrogen (secondary N) is 2. The highest BCUT2D eigenvalue weighted by Crippen LogP contribution is 2.31. The van der Waals surface area contributed by atoms with Crippen molar-refractivity contribution in [2.45, 2.75) is 57.0 Å². The molecule has 2 N–H and O–H groups in total. The van der Waals surface area contributed by atoms with Crippen molar-refractivity contribution in [2.24, 2.45) is 0 Å². The van der Waals surface area contributed by atoms with Gasteiger partial charge in [0.15, 0.2) is 0 Å².